The summed E-state index contributed by atoms with van der Waals surface area (Å²) in [6.45, 7) is 10.6. The Morgan fingerprint density at radius 3 is 2.36 bits per heavy atom. The van der Waals surface area contributed by atoms with Gasteiger partial charge in [-0.3, -0.25) is 0 Å². The van der Waals surface area contributed by atoms with E-state index in [2.05, 4.69) is 30.3 Å². The van der Waals surface area contributed by atoms with Crippen molar-refractivity contribution in [3.8, 4) is 0 Å². The molecule has 0 fully saturated rings. The fraction of sp³-hybridized carbons (Fsp3) is 0.727. The van der Waals surface area contributed by atoms with Crippen molar-refractivity contribution in [2.75, 3.05) is 0 Å². The summed E-state index contributed by atoms with van der Waals surface area (Å²) < 4.78 is 2.17. The van der Waals surface area contributed by atoms with E-state index in [4.69, 9.17) is 5.73 Å². The maximum Gasteiger partial charge on any atom is 0.0953 e. The molecule has 3 nitrogen and oxygen atoms in total. The van der Waals surface area contributed by atoms with Gasteiger partial charge >= 0.3 is 0 Å². The topological polar surface area (TPSA) is 43.8 Å². The highest BCUT2D eigenvalue weighted by atomic mass is 15.1. The molecule has 0 aliphatic rings. The molecular formula is C11H21N3. The molecule has 3 heteroatoms. The van der Waals surface area contributed by atoms with E-state index in [0.29, 0.717) is 0 Å². The highest BCUT2D eigenvalue weighted by Crippen LogP contribution is 2.26. The summed E-state index contributed by atoms with van der Waals surface area (Å²) in [5.41, 5.74) is 6.94. The first-order chi connectivity index (χ1) is 6.29. The summed E-state index contributed by atoms with van der Waals surface area (Å²) >= 11 is 0. The molecule has 1 rings (SSSR count). The molecule has 14 heavy (non-hydrogen) atoms. The van der Waals surface area contributed by atoms with Crippen LogP contribution in [-0.4, -0.2) is 9.55 Å². The summed E-state index contributed by atoms with van der Waals surface area (Å²) in [7, 11) is 0. The molecule has 0 saturated heterocycles. The van der Waals surface area contributed by atoms with Crippen LogP contribution in [0.2, 0.25) is 0 Å². The Kier molecular flexibility index (Phi) is 2.72. The van der Waals surface area contributed by atoms with E-state index >= 15 is 0 Å². The van der Waals surface area contributed by atoms with Gasteiger partial charge in [0.05, 0.1) is 23.8 Å². The van der Waals surface area contributed by atoms with E-state index in [1.807, 2.05) is 26.4 Å². The van der Waals surface area contributed by atoms with Gasteiger partial charge in [0.15, 0.2) is 0 Å². The quantitative estimate of drug-likeness (QED) is 0.803. The van der Waals surface area contributed by atoms with E-state index in [-0.39, 0.29) is 11.1 Å². The van der Waals surface area contributed by atoms with Crippen LogP contribution in [0, 0.1) is 0 Å². The minimum atomic E-state index is -0.330. The van der Waals surface area contributed by atoms with Crippen molar-refractivity contribution in [3.63, 3.8) is 0 Å². The highest BCUT2D eigenvalue weighted by molar-refractivity contribution is 5.12. The van der Waals surface area contributed by atoms with Crippen LogP contribution in [0.1, 0.15) is 46.7 Å². The summed E-state index contributed by atoms with van der Waals surface area (Å²) in [6, 6.07) is 0. The number of hydrogen-bond acceptors (Lipinski definition) is 2. The van der Waals surface area contributed by atoms with Crippen molar-refractivity contribution >= 4 is 0 Å². The van der Waals surface area contributed by atoms with E-state index < -0.39 is 0 Å². The molecule has 0 aliphatic heterocycles. The molecule has 0 bridgehead atoms. The van der Waals surface area contributed by atoms with Crippen LogP contribution in [-0.2, 0) is 11.1 Å². The second kappa shape index (κ2) is 3.39. The minimum absolute atomic E-state index is 0.0858. The van der Waals surface area contributed by atoms with Crippen molar-refractivity contribution < 1.29 is 0 Å². The van der Waals surface area contributed by atoms with E-state index in [9.17, 15) is 0 Å². The zero-order valence-electron chi connectivity index (χ0n) is 9.83. The van der Waals surface area contributed by atoms with Crippen LogP contribution in [0.4, 0.5) is 0 Å². The van der Waals surface area contributed by atoms with Crippen molar-refractivity contribution in [3.05, 3.63) is 18.2 Å². The van der Waals surface area contributed by atoms with E-state index in [1.165, 1.54) is 0 Å². The lowest BCUT2D eigenvalue weighted by Crippen LogP contribution is -2.36. The summed E-state index contributed by atoms with van der Waals surface area (Å²) in [5.74, 6) is 0. The largest absolute Gasteiger partial charge is 0.327 e. The summed E-state index contributed by atoms with van der Waals surface area (Å²) in [5, 5.41) is 0. The predicted octanol–water partition coefficient (Wildman–Crippen LogP) is 2.22. The lowest BCUT2D eigenvalue weighted by atomic mass is 9.97. The molecule has 0 spiro atoms. The van der Waals surface area contributed by atoms with Gasteiger partial charge in [0.25, 0.3) is 0 Å². The third kappa shape index (κ3) is 1.98. The maximum atomic E-state index is 6.09. The number of nitrogens with two attached hydrogens (primary N) is 1. The van der Waals surface area contributed by atoms with Gasteiger partial charge in [-0.25, -0.2) is 4.98 Å². The SMILES string of the molecule is CCC(C)(C)n1cncc1C(C)(C)N. The normalized spacial score (nSPS) is 13.3. The molecule has 80 valence electrons. The fourth-order valence-corrected chi connectivity index (χ4v) is 1.42. The number of aromatic nitrogens is 2. The van der Waals surface area contributed by atoms with E-state index in [0.717, 1.165) is 12.1 Å². The Bertz CT molecular complexity index is 305. The second-order valence-corrected chi connectivity index (χ2v) is 5.04. The van der Waals surface area contributed by atoms with Gasteiger partial charge in [-0.2, -0.15) is 0 Å². The number of hydrogen-bond donors (Lipinski definition) is 1. The zero-order valence-corrected chi connectivity index (χ0v) is 9.83. The molecule has 1 aromatic heterocycles. The Morgan fingerprint density at radius 2 is 1.93 bits per heavy atom. The molecule has 1 heterocycles. The van der Waals surface area contributed by atoms with Crippen molar-refractivity contribution in [1.82, 2.24) is 9.55 Å². The molecule has 1 aromatic rings. The molecule has 0 aromatic carbocycles. The first-order valence-electron chi connectivity index (χ1n) is 5.11. The van der Waals surface area contributed by atoms with Crippen molar-refractivity contribution in [2.24, 2.45) is 5.73 Å². The smallest absolute Gasteiger partial charge is 0.0953 e. The fourth-order valence-electron chi connectivity index (χ4n) is 1.42. The lowest BCUT2D eigenvalue weighted by Gasteiger charge is -2.31. The Hall–Kier alpha value is -0.830. The lowest BCUT2D eigenvalue weighted by molar-refractivity contribution is 0.313. The molecule has 0 radical (unpaired) electrons. The first-order valence-corrected chi connectivity index (χ1v) is 5.11. The van der Waals surface area contributed by atoms with Gasteiger partial charge in [-0.15, -0.1) is 0 Å². The summed E-state index contributed by atoms with van der Waals surface area (Å²) in [4.78, 5) is 4.19. The number of nitrogens with zero attached hydrogens (tertiary/aromatic N) is 2. The van der Waals surface area contributed by atoms with Crippen molar-refractivity contribution in [2.45, 2.75) is 52.1 Å². The molecular weight excluding hydrogens is 174 g/mol. The van der Waals surface area contributed by atoms with Gasteiger partial charge in [0, 0.05) is 5.54 Å². The molecule has 0 saturated carbocycles. The predicted molar refractivity (Wildman–Crippen MR) is 59.1 cm³/mol. The van der Waals surface area contributed by atoms with Gasteiger partial charge in [-0.05, 0) is 34.1 Å². The minimum Gasteiger partial charge on any atom is -0.327 e. The van der Waals surface area contributed by atoms with Crippen molar-refractivity contribution in [1.29, 1.82) is 0 Å². The standard InChI is InChI=1S/C11H21N3/c1-6-10(2,3)14-8-13-7-9(14)11(4,5)12/h7-8H,6,12H2,1-5H3. The van der Waals surface area contributed by atoms with E-state index in [1.54, 1.807) is 0 Å². The Labute approximate surface area is 86.3 Å². The number of rotatable bonds is 3. The van der Waals surface area contributed by atoms with Crippen LogP contribution in [0.15, 0.2) is 12.5 Å². The van der Waals surface area contributed by atoms with Crippen LogP contribution in [0.25, 0.3) is 0 Å². The van der Waals surface area contributed by atoms with Crippen LogP contribution >= 0.6 is 0 Å². The molecule has 0 atom stereocenters. The number of imidazole rings is 1. The molecule has 0 amide bonds. The Balaban J connectivity index is 3.18. The average Bonchev–Trinajstić information content (AvgIpc) is 2.51. The average molecular weight is 195 g/mol. The van der Waals surface area contributed by atoms with Crippen LogP contribution in [0.5, 0.6) is 0 Å². The second-order valence-electron chi connectivity index (χ2n) is 5.04. The third-order valence-electron chi connectivity index (χ3n) is 2.82. The zero-order chi connectivity index (χ0) is 11.0. The monoisotopic (exact) mass is 195 g/mol. The van der Waals surface area contributed by atoms with Gasteiger partial charge in [0.1, 0.15) is 0 Å². The van der Waals surface area contributed by atoms with Gasteiger partial charge in [0.2, 0.25) is 0 Å². The van der Waals surface area contributed by atoms with Gasteiger partial charge < -0.3 is 10.3 Å². The third-order valence-corrected chi connectivity index (χ3v) is 2.82. The Morgan fingerprint density at radius 1 is 1.36 bits per heavy atom. The maximum absolute atomic E-state index is 6.09. The van der Waals surface area contributed by atoms with Gasteiger partial charge in [-0.1, -0.05) is 6.92 Å². The molecule has 2 N–H and O–H groups in total. The van der Waals surface area contributed by atoms with Crippen LogP contribution < -0.4 is 5.73 Å². The molecule has 0 unspecified atom stereocenters. The first kappa shape index (κ1) is 11.2. The summed E-state index contributed by atoms with van der Waals surface area (Å²) in [6.07, 6.45) is 4.79. The molecule has 0 aliphatic carbocycles. The van der Waals surface area contributed by atoms with Crippen LogP contribution in [0.3, 0.4) is 0 Å². The highest BCUT2D eigenvalue weighted by Gasteiger charge is 2.26.